The minimum absolute atomic E-state index is 0.0164. The Hall–Kier alpha value is -1.59. The molecule has 0 rings (SSSR count). The van der Waals surface area contributed by atoms with Crippen molar-refractivity contribution in [2.24, 2.45) is 5.92 Å². The van der Waals surface area contributed by atoms with Gasteiger partial charge in [0.15, 0.2) is 0 Å². The molecular formula is C22H43N3O7. The number of ether oxygens (including phenoxy) is 4. The van der Waals surface area contributed by atoms with Gasteiger partial charge in [0.1, 0.15) is 19.0 Å². The molecule has 0 fully saturated rings. The summed E-state index contributed by atoms with van der Waals surface area (Å²) in [6, 6.07) is 0.436. The molecule has 3 N–H and O–H groups in total. The molecule has 0 saturated carbocycles. The third-order valence-electron chi connectivity index (χ3n) is 4.14. The Morgan fingerprint density at radius 1 is 0.656 bits per heavy atom. The molecule has 0 heterocycles. The van der Waals surface area contributed by atoms with Gasteiger partial charge in [-0.3, -0.25) is 14.4 Å². The van der Waals surface area contributed by atoms with E-state index in [2.05, 4.69) is 29.8 Å². The number of Topliss-reactive ketones (excluding diaryl/α,β-unsaturated/α-hetero) is 1. The Morgan fingerprint density at radius 2 is 1.16 bits per heavy atom. The van der Waals surface area contributed by atoms with Crippen LogP contribution in [0.15, 0.2) is 0 Å². The summed E-state index contributed by atoms with van der Waals surface area (Å²) in [6.45, 7) is 11.8. The van der Waals surface area contributed by atoms with Crippen LogP contribution in [0.2, 0.25) is 0 Å². The normalized spacial score (nSPS) is 11.2. The van der Waals surface area contributed by atoms with Crippen LogP contribution in [0.1, 0.15) is 40.5 Å². The molecule has 0 aromatic heterocycles. The molecule has 10 nitrogen and oxygen atoms in total. The lowest BCUT2D eigenvalue weighted by atomic mass is 10.1. The van der Waals surface area contributed by atoms with E-state index in [1.165, 1.54) is 0 Å². The van der Waals surface area contributed by atoms with Crippen molar-refractivity contribution in [2.45, 2.75) is 46.6 Å². The highest BCUT2D eigenvalue weighted by Gasteiger charge is 2.07. The Kier molecular flexibility index (Phi) is 20.2. The summed E-state index contributed by atoms with van der Waals surface area (Å²) in [5, 5.41) is 8.64. The SMILES string of the molecule is CC(C)NCCOCCOCC(=O)NCCOCCOCC(=O)NCCCC(=O)C(C)C. The number of ketones is 1. The van der Waals surface area contributed by atoms with Crippen LogP contribution in [-0.2, 0) is 33.3 Å². The van der Waals surface area contributed by atoms with Crippen LogP contribution in [0.5, 0.6) is 0 Å². The summed E-state index contributed by atoms with van der Waals surface area (Å²) in [4.78, 5) is 34.7. The number of carbonyl (C=O) groups excluding carboxylic acids is 3. The smallest absolute Gasteiger partial charge is 0.246 e. The molecule has 0 aliphatic rings. The van der Waals surface area contributed by atoms with Gasteiger partial charge < -0.3 is 34.9 Å². The van der Waals surface area contributed by atoms with Gasteiger partial charge in [-0.2, -0.15) is 0 Å². The summed E-state index contributed by atoms with van der Waals surface area (Å²) in [6.07, 6.45) is 1.10. The molecule has 10 heteroatoms. The molecule has 0 unspecified atom stereocenters. The number of hydrogen-bond donors (Lipinski definition) is 3. The van der Waals surface area contributed by atoms with Gasteiger partial charge in [-0.15, -0.1) is 0 Å². The fourth-order valence-electron chi connectivity index (χ4n) is 2.33. The van der Waals surface area contributed by atoms with Gasteiger partial charge in [-0.25, -0.2) is 0 Å². The molecule has 2 amide bonds. The highest BCUT2D eigenvalue weighted by atomic mass is 16.5. The minimum atomic E-state index is -0.216. The van der Waals surface area contributed by atoms with Crippen LogP contribution in [0.4, 0.5) is 0 Å². The first kappa shape index (κ1) is 30.4. The van der Waals surface area contributed by atoms with Gasteiger partial charge >= 0.3 is 0 Å². The van der Waals surface area contributed by atoms with Crippen LogP contribution in [0, 0.1) is 5.92 Å². The molecule has 0 saturated heterocycles. The number of nitrogens with one attached hydrogen (secondary N) is 3. The zero-order valence-corrected chi connectivity index (χ0v) is 20.2. The number of hydrogen-bond acceptors (Lipinski definition) is 8. The summed E-state index contributed by atoms with van der Waals surface area (Å²) in [5.41, 5.74) is 0. The molecule has 0 spiro atoms. The molecule has 0 atom stereocenters. The highest BCUT2D eigenvalue weighted by molar-refractivity contribution is 5.80. The van der Waals surface area contributed by atoms with E-state index in [4.69, 9.17) is 18.9 Å². The largest absolute Gasteiger partial charge is 0.378 e. The second-order valence-corrected chi connectivity index (χ2v) is 7.86. The zero-order valence-electron chi connectivity index (χ0n) is 20.2. The molecule has 0 aromatic carbocycles. The van der Waals surface area contributed by atoms with Crippen molar-refractivity contribution in [3.8, 4) is 0 Å². The van der Waals surface area contributed by atoms with Gasteiger partial charge in [-0.05, 0) is 6.42 Å². The van der Waals surface area contributed by atoms with E-state index in [1.54, 1.807) is 0 Å². The summed E-state index contributed by atoms with van der Waals surface area (Å²) in [7, 11) is 0. The average molecular weight is 462 g/mol. The molecule has 32 heavy (non-hydrogen) atoms. The van der Waals surface area contributed by atoms with Gasteiger partial charge in [0.05, 0.1) is 39.6 Å². The molecule has 0 bridgehead atoms. The Balaban J connectivity index is 3.34. The van der Waals surface area contributed by atoms with E-state index in [9.17, 15) is 14.4 Å². The van der Waals surface area contributed by atoms with Crippen molar-refractivity contribution < 1.29 is 33.3 Å². The molecule has 0 aliphatic heterocycles. The van der Waals surface area contributed by atoms with Gasteiger partial charge in [0, 0.05) is 38.0 Å². The van der Waals surface area contributed by atoms with E-state index in [-0.39, 0.29) is 43.3 Å². The molecule has 0 aliphatic carbocycles. The van der Waals surface area contributed by atoms with Crippen LogP contribution >= 0.6 is 0 Å². The minimum Gasteiger partial charge on any atom is -0.378 e. The standard InChI is InChI=1S/C22H43N3O7/c1-18(2)20(26)6-5-7-24-21(27)16-31-15-13-30-11-9-25-22(28)17-32-14-12-29-10-8-23-19(3)4/h18-19,23H,5-17H2,1-4H3,(H,24,27)(H,25,28). The fraction of sp³-hybridized carbons (Fsp3) is 0.864. The quantitative estimate of drug-likeness (QED) is 0.197. The predicted octanol–water partition coefficient (Wildman–Crippen LogP) is 0.289. The Bertz CT molecular complexity index is 502. The molecule has 188 valence electrons. The lowest BCUT2D eigenvalue weighted by Gasteiger charge is -2.09. The van der Waals surface area contributed by atoms with E-state index < -0.39 is 0 Å². The second-order valence-electron chi connectivity index (χ2n) is 7.86. The first-order valence-corrected chi connectivity index (χ1v) is 11.4. The predicted molar refractivity (Wildman–Crippen MR) is 122 cm³/mol. The van der Waals surface area contributed by atoms with Crippen molar-refractivity contribution in [1.82, 2.24) is 16.0 Å². The average Bonchev–Trinajstić information content (AvgIpc) is 2.74. The number of carbonyl (C=O) groups is 3. The van der Waals surface area contributed by atoms with E-state index in [1.807, 2.05) is 13.8 Å². The summed E-state index contributed by atoms with van der Waals surface area (Å²) in [5.74, 6) is -0.195. The Labute approximate surface area is 192 Å². The third kappa shape index (κ3) is 21.6. The van der Waals surface area contributed by atoms with Gasteiger partial charge in [-0.1, -0.05) is 27.7 Å². The van der Waals surface area contributed by atoms with E-state index in [0.29, 0.717) is 65.0 Å². The zero-order chi connectivity index (χ0) is 24.0. The van der Waals surface area contributed by atoms with E-state index >= 15 is 0 Å². The maximum absolute atomic E-state index is 11.6. The highest BCUT2D eigenvalue weighted by Crippen LogP contribution is 2.00. The Morgan fingerprint density at radius 3 is 1.69 bits per heavy atom. The third-order valence-corrected chi connectivity index (χ3v) is 4.14. The van der Waals surface area contributed by atoms with Crippen molar-refractivity contribution in [2.75, 3.05) is 72.5 Å². The lowest BCUT2D eigenvalue weighted by Crippen LogP contribution is -2.31. The van der Waals surface area contributed by atoms with E-state index in [0.717, 1.165) is 6.54 Å². The summed E-state index contributed by atoms with van der Waals surface area (Å²) < 4.78 is 21.2. The number of rotatable bonds is 22. The van der Waals surface area contributed by atoms with Crippen molar-refractivity contribution in [3.05, 3.63) is 0 Å². The van der Waals surface area contributed by atoms with Gasteiger partial charge in [0.25, 0.3) is 0 Å². The van der Waals surface area contributed by atoms with Crippen molar-refractivity contribution >= 4 is 17.6 Å². The lowest BCUT2D eigenvalue weighted by molar-refractivity contribution is -0.127. The molecule has 0 radical (unpaired) electrons. The first-order valence-electron chi connectivity index (χ1n) is 11.4. The van der Waals surface area contributed by atoms with Crippen molar-refractivity contribution in [1.29, 1.82) is 0 Å². The van der Waals surface area contributed by atoms with Crippen LogP contribution in [0.25, 0.3) is 0 Å². The number of amides is 2. The van der Waals surface area contributed by atoms with Crippen LogP contribution in [0.3, 0.4) is 0 Å². The molecule has 0 aromatic rings. The maximum atomic E-state index is 11.6. The second kappa shape index (κ2) is 21.3. The maximum Gasteiger partial charge on any atom is 0.246 e. The van der Waals surface area contributed by atoms with Gasteiger partial charge in [0.2, 0.25) is 11.8 Å². The topological polar surface area (TPSA) is 124 Å². The monoisotopic (exact) mass is 461 g/mol. The molecular weight excluding hydrogens is 418 g/mol. The first-order chi connectivity index (χ1) is 15.3. The fourth-order valence-corrected chi connectivity index (χ4v) is 2.33. The summed E-state index contributed by atoms with van der Waals surface area (Å²) >= 11 is 0. The van der Waals surface area contributed by atoms with Crippen molar-refractivity contribution in [3.63, 3.8) is 0 Å². The van der Waals surface area contributed by atoms with Crippen LogP contribution in [-0.4, -0.2) is 96.1 Å². The van der Waals surface area contributed by atoms with Crippen LogP contribution < -0.4 is 16.0 Å².